The summed E-state index contributed by atoms with van der Waals surface area (Å²) in [5.41, 5.74) is 4.55. The number of anilines is 1. The number of carbonyl (C=O) groups is 1. The van der Waals surface area contributed by atoms with Crippen LogP contribution in [0.1, 0.15) is 30.0 Å². The van der Waals surface area contributed by atoms with Gasteiger partial charge in [-0.1, -0.05) is 70.9 Å². The normalized spacial score (nSPS) is 14.3. The maximum Gasteiger partial charge on any atom is 0.258 e. The van der Waals surface area contributed by atoms with Crippen LogP contribution in [0.5, 0.6) is 5.75 Å². The van der Waals surface area contributed by atoms with Crippen molar-refractivity contribution in [2.75, 3.05) is 11.4 Å². The summed E-state index contributed by atoms with van der Waals surface area (Å²) in [7, 11) is 0. The van der Waals surface area contributed by atoms with Crippen LogP contribution in [0.4, 0.5) is 5.69 Å². The number of rotatable bonds is 6. The summed E-state index contributed by atoms with van der Waals surface area (Å²) in [4.78, 5) is 14.8. The Balaban J connectivity index is 1.56. The molecule has 0 saturated heterocycles. The molecule has 0 aliphatic carbocycles. The first-order chi connectivity index (χ1) is 14.6. The lowest BCUT2D eigenvalue weighted by Crippen LogP contribution is -2.26. The van der Waals surface area contributed by atoms with Gasteiger partial charge in [-0.15, -0.1) is 0 Å². The molecule has 1 aliphatic heterocycles. The van der Waals surface area contributed by atoms with Gasteiger partial charge in [-0.2, -0.15) is 0 Å². The minimum Gasteiger partial charge on any atom is -0.487 e. The fourth-order valence-corrected chi connectivity index (χ4v) is 4.03. The van der Waals surface area contributed by atoms with Crippen LogP contribution in [0.25, 0.3) is 11.6 Å². The van der Waals surface area contributed by atoms with Gasteiger partial charge >= 0.3 is 0 Å². The highest BCUT2D eigenvalue weighted by Gasteiger charge is 2.31. The summed E-state index contributed by atoms with van der Waals surface area (Å²) in [6.07, 6.45) is 2.81. The van der Waals surface area contributed by atoms with Crippen LogP contribution < -0.4 is 9.64 Å². The molecule has 152 valence electrons. The van der Waals surface area contributed by atoms with E-state index in [9.17, 15) is 4.79 Å². The first-order valence-electron chi connectivity index (χ1n) is 9.86. The average molecular weight is 483 g/mol. The van der Waals surface area contributed by atoms with E-state index in [2.05, 4.69) is 22.9 Å². The molecule has 3 aromatic carbocycles. The summed E-state index contributed by atoms with van der Waals surface area (Å²) in [6.45, 7) is 3.21. The molecule has 1 heterocycles. The van der Waals surface area contributed by atoms with E-state index in [-0.39, 0.29) is 5.91 Å². The number of nitrogens with zero attached hydrogens (tertiary/aromatic N) is 1. The number of para-hydroxylation sites is 1. The number of carbonyl (C=O) groups excluding carboxylic acids is 1. The Labute approximate surface area is 190 Å². The fourth-order valence-electron chi connectivity index (χ4n) is 3.52. The third-order valence-corrected chi connectivity index (χ3v) is 5.81. The fraction of sp³-hybridized carbons (Fsp3) is 0.160. The average Bonchev–Trinajstić information content (AvgIpc) is 3.01. The van der Waals surface area contributed by atoms with E-state index >= 15 is 0 Å². The molecular weight excluding hydrogens is 462 g/mol. The molecule has 0 saturated carbocycles. The lowest BCUT2D eigenvalue weighted by atomic mass is 10.0. The number of amides is 1. The van der Waals surface area contributed by atoms with Gasteiger partial charge in [0.05, 0.1) is 10.7 Å². The zero-order chi connectivity index (χ0) is 21.1. The number of hydrogen-bond donors (Lipinski definition) is 0. The van der Waals surface area contributed by atoms with Crippen LogP contribution in [-0.2, 0) is 11.4 Å². The van der Waals surface area contributed by atoms with Crippen molar-refractivity contribution in [1.82, 2.24) is 0 Å². The van der Waals surface area contributed by atoms with E-state index in [1.165, 1.54) is 0 Å². The van der Waals surface area contributed by atoms with E-state index in [1.807, 2.05) is 77.7 Å². The van der Waals surface area contributed by atoms with Gasteiger partial charge in [0.1, 0.15) is 12.4 Å². The van der Waals surface area contributed by atoms with Crippen molar-refractivity contribution in [2.45, 2.75) is 20.0 Å². The lowest BCUT2D eigenvalue weighted by Gasteiger charge is -2.15. The van der Waals surface area contributed by atoms with Gasteiger partial charge in [0.2, 0.25) is 0 Å². The minimum atomic E-state index is 0.0322. The quantitative estimate of drug-likeness (QED) is 0.355. The summed E-state index contributed by atoms with van der Waals surface area (Å²) in [5, 5.41) is 0.519. The van der Waals surface area contributed by atoms with Gasteiger partial charge in [0.25, 0.3) is 5.91 Å². The van der Waals surface area contributed by atoms with Crippen LogP contribution in [0.2, 0.25) is 5.02 Å². The molecule has 30 heavy (non-hydrogen) atoms. The monoisotopic (exact) mass is 481 g/mol. The van der Waals surface area contributed by atoms with E-state index in [0.717, 1.165) is 33.3 Å². The Morgan fingerprint density at radius 2 is 1.83 bits per heavy atom. The van der Waals surface area contributed by atoms with Gasteiger partial charge in [0, 0.05) is 22.2 Å². The van der Waals surface area contributed by atoms with Crippen LogP contribution in [0.3, 0.4) is 0 Å². The summed E-state index contributed by atoms with van der Waals surface area (Å²) >= 11 is 9.89. The molecule has 0 unspecified atom stereocenters. The van der Waals surface area contributed by atoms with Crippen molar-refractivity contribution in [2.24, 2.45) is 0 Å². The standard InChI is InChI=1S/C25H21BrClNO2/c1-2-13-28-23-6-4-3-5-20(23)21(25(28)29)14-18-9-12-24(22(27)15-18)30-16-17-7-10-19(26)11-8-17/h3-12,14-15H,2,13,16H2,1H3/b21-14-. The second kappa shape index (κ2) is 9.07. The Hall–Kier alpha value is -2.56. The van der Waals surface area contributed by atoms with Crippen molar-refractivity contribution >= 4 is 50.8 Å². The Bertz CT molecular complexity index is 1110. The molecule has 0 aromatic heterocycles. The van der Waals surface area contributed by atoms with E-state index in [4.69, 9.17) is 16.3 Å². The van der Waals surface area contributed by atoms with Crippen LogP contribution in [0.15, 0.2) is 71.2 Å². The third kappa shape index (κ3) is 4.30. The number of ether oxygens (including phenoxy) is 1. The van der Waals surface area contributed by atoms with Crippen molar-refractivity contribution < 1.29 is 9.53 Å². The number of fused-ring (bicyclic) bond motifs is 1. The van der Waals surface area contributed by atoms with E-state index in [1.54, 1.807) is 0 Å². The molecule has 0 radical (unpaired) electrons. The Morgan fingerprint density at radius 3 is 2.57 bits per heavy atom. The smallest absolute Gasteiger partial charge is 0.258 e. The molecule has 4 rings (SSSR count). The van der Waals surface area contributed by atoms with Crippen molar-refractivity contribution in [1.29, 1.82) is 0 Å². The maximum atomic E-state index is 13.0. The second-order valence-corrected chi connectivity index (χ2v) is 8.46. The molecule has 0 fully saturated rings. The van der Waals surface area contributed by atoms with Crippen molar-refractivity contribution in [3.8, 4) is 5.75 Å². The van der Waals surface area contributed by atoms with Crippen LogP contribution in [0, 0.1) is 0 Å². The molecule has 3 nitrogen and oxygen atoms in total. The molecule has 1 amide bonds. The zero-order valence-corrected chi connectivity index (χ0v) is 18.9. The second-order valence-electron chi connectivity index (χ2n) is 7.14. The highest BCUT2D eigenvalue weighted by molar-refractivity contribution is 9.10. The zero-order valence-electron chi connectivity index (χ0n) is 16.6. The molecule has 0 N–H and O–H groups in total. The number of halogens is 2. The molecule has 5 heteroatoms. The third-order valence-electron chi connectivity index (χ3n) is 4.98. The van der Waals surface area contributed by atoms with Gasteiger partial charge in [-0.25, -0.2) is 0 Å². The predicted octanol–water partition coefficient (Wildman–Crippen LogP) is 6.98. The molecule has 3 aromatic rings. The van der Waals surface area contributed by atoms with Gasteiger partial charge < -0.3 is 9.64 Å². The van der Waals surface area contributed by atoms with Gasteiger partial charge in [-0.3, -0.25) is 4.79 Å². The van der Waals surface area contributed by atoms with Crippen molar-refractivity contribution in [3.05, 3.63) is 92.9 Å². The minimum absolute atomic E-state index is 0.0322. The maximum absolute atomic E-state index is 13.0. The summed E-state index contributed by atoms with van der Waals surface area (Å²) in [6, 6.07) is 21.5. The van der Waals surface area contributed by atoms with Crippen LogP contribution in [-0.4, -0.2) is 12.5 Å². The largest absolute Gasteiger partial charge is 0.487 e. The Morgan fingerprint density at radius 1 is 1.07 bits per heavy atom. The van der Waals surface area contributed by atoms with E-state index in [0.29, 0.717) is 29.5 Å². The van der Waals surface area contributed by atoms with Crippen LogP contribution >= 0.6 is 27.5 Å². The predicted molar refractivity (Wildman–Crippen MR) is 127 cm³/mol. The van der Waals surface area contributed by atoms with Crippen molar-refractivity contribution in [3.63, 3.8) is 0 Å². The summed E-state index contributed by atoms with van der Waals surface area (Å²) < 4.78 is 6.90. The molecule has 0 spiro atoms. The highest BCUT2D eigenvalue weighted by atomic mass is 79.9. The molecule has 1 aliphatic rings. The molecule has 0 bridgehead atoms. The van der Waals surface area contributed by atoms with Gasteiger partial charge in [0.15, 0.2) is 0 Å². The molecular formula is C25H21BrClNO2. The van der Waals surface area contributed by atoms with Gasteiger partial charge in [-0.05, 0) is 54.0 Å². The SMILES string of the molecule is CCCN1C(=O)/C(=C\c2ccc(OCc3ccc(Br)cc3)c(Cl)c2)c2ccccc21. The topological polar surface area (TPSA) is 29.5 Å². The first kappa shape index (κ1) is 20.7. The lowest BCUT2D eigenvalue weighted by molar-refractivity contribution is -0.113. The number of hydrogen-bond acceptors (Lipinski definition) is 2. The highest BCUT2D eigenvalue weighted by Crippen LogP contribution is 2.38. The molecule has 0 atom stereocenters. The Kier molecular flexibility index (Phi) is 6.26. The van der Waals surface area contributed by atoms with E-state index < -0.39 is 0 Å². The first-order valence-corrected chi connectivity index (χ1v) is 11.0. The number of benzene rings is 3. The summed E-state index contributed by atoms with van der Waals surface area (Å²) in [5.74, 6) is 0.650.